The van der Waals surface area contributed by atoms with Gasteiger partial charge in [0.25, 0.3) is 5.91 Å². The predicted molar refractivity (Wildman–Crippen MR) is 79.7 cm³/mol. The molecule has 1 amide bonds. The number of thioether (sulfide) groups is 1. The molecule has 0 bridgehead atoms. The Morgan fingerprint density at radius 3 is 2.81 bits per heavy atom. The molecule has 0 aliphatic carbocycles. The minimum atomic E-state index is -0.431. The van der Waals surface area contributed by atoms with Gasteiger partial charge in [-0.1, -0.05) is 11.8 Å². The second kappa shape index (κ2) is 5.61. The monoisotopic (exact) mass is 303 g/mol. The van der Waals surface area contributed by atoms with Crippen molar-refractivity contribution < 1.29 is 14.0 Å². The summed E-state index contributed by atoms with van der Waals surface area (Å²) < 4.78 is 5.30. The third kappa shape index (κ3) is 2.92. The highest BCUT2D eigenvalue weighted by molar-refractivity contribution is 8.14. The number of nitrogens with two attached hydrogens (primary N) is 1. The zero-order valence-corrected chi connectivity index (χ0v) is 11.9. The second-order valence-electron chi connectivity index (χ2n) is 4.64. The van der Waals surface area contributed by atoms with Gasteiger partial charge in [-0.05, 0) is 30.7 Å². The van der Waals surface area contributed by atoms with Crippen LogP contribution in [-0.2, 0) is 4.79 Å². The zero-order chi connectivity index (χ0) is 14.8. The summed E-state index contributed by atoms with van der Waals surface area (Å²) in [6, 6.07) is 6.56. The van der Waals surface area contributed by atoms with E-state index in [0.717, 1.165) is 11.3 Å². The largest absolute Gasteiger partial charge is 0.444 e. The van der Waals surface area contributed by atoms with E-state index in [2.05, 4.69) is 10.3 Å². The molecule has 1 unspecified atom stereocenters. The van der Waals surface area contributed by atoms with Crippen LogP contribution >= 0.6 is 11.8 Å². The molecule has 1 aliphatic heterocycles. The highest BCUT2D eigenvalue weighted by Gasteiger charge is 2.28. The summed E-state index contributed by atoms with van der Waals surface area (Å²) in [7, 11) is 0. The van der Waals surface area contributed by atoms with E-state index < -0.39 is 11.9 Å². The molecule has 3 rings (SSSR count). The Labute approximate surface area is 125 Å². The molecule has 1 aromatic carbocycles. The summed E-state index contributed by atoms with van der Waals surface area (Å²) in [6.07, 6.45) is 1.94. The number of nitrogens with one attached hydrogen (secondary N) is 1. The lowest BCUT2D eigenvalue weighted by molar-refractivity contribution is -0.112. The van der Waals surface area contributed by atoms with Crippen LogP contribution in [0, 0.1) is 0 Å². The first-order chi connectivity index (χ1) is 10.1. The number of nitrogens with zero attached hydrogens (tertiary/aromatic N) is 1. The van der Waals surface area contributed by atoms with Crippen LogP contribution in [0.1, 0.15) is 16.9 Å². The summed E-state index contributed by atoms with van der Waals surface area (Å²) in [5.41, 5.74) is 7.14. The molecule has 7 heteroatoms. The van der Waals surface area contributed by atoms with Crippen LogP contribution in [-0.4, -0.2) is 27.8 Å². The van der Waals surface area contributed by atoms with Gasteiger partial charge in [0.1, 0.15) is 6.26 Å². The summed E-state index contributed by atoms with van der Waals surface area (Å²) in [6.45, 7) is 0. The predicted octanol–water partition coefficient (Wildman–Crippen LogP) is 1.69. The van der Waals surface area contributed by atoms with Gasteiger partial charge in [0.15, 0.2) is 5.69 Å². The average molecular weight is 303 g/mol. The van der Waals surface area contributed by atoms with Crippen LogP contribution in [0.3, 0.4) is 0 Å². The molecule has 3 N–H and O–H groups in total. The molecule has 2 aromatic rings. The standard InChI is InChI=1S/C14H13N3O3S/c15-9-3-1-8(2-4-9)13-17-11(7-20-13)12(18)16-10-5-6-21-14(10)19/h1-4,7,10H,5-6,15H2,(H,16,18). The lowest BCUT2D eigenvalue weighted by Crippen LogP contribution is -2.37. The van der Waals surface area contributed by atoms with Crippen LogP contribution < -0.4 is 11.1 Å². The van der Waals surface area contributed by atoms with Crippen molar-refractivity contribution in [1.82, 2.24) is 10.3 Å². The minimum Gasteiger partial charge on any atom is -0.444 e. The third-order valence-corrected chi connectivity index (χ3v) is 4.14. The van der Waals surface area contributed by atoms with Crippen LogP contribution in [0.4, 0.5) is 5.69 Å². The Bertz CT molecular complexity index is 681. The fourth-order valence-corrected chi connectivity index (χ4v) is 2.93. The molecule has 21 heavy (non-hydrogen) atoms. The lowest BCUT2D eigenvalue weighted by Gasteiger charge is -2.07. The van der Waals surface area contributed by atoms with Gasteiger partial charge in [-0.2, -0.15) is 0 Å². The lowest BCUT2D eigenvalue weighted by atomic mass is 10.2. The molecule has 0 spiro atoms. The Balaban J connectivity index is 1.73. The molecule has 2 heterocycles. The number of hydrogen-bond acceptors (Lipinski definition) is 6. The van der Waals surface area contributed by atoms with Gasteiger partial charge in [0, 0.05) is 17.0 Å². The highest BCUT2D eigenvalue weighted by atomic mass is 32.2. The summed E-state index contributed by atoms with van der Waals surface area (Å²) in [4.78, 5) is 27.7. The maximum atomic E-state index is 12.0. The van der Waals surface area contributed by atoms with E-state index >= 15 is 0 Å². The van der Waals surface area contributed by atoms with Gasteiger partial charge in [-0.25, -0.2) is 4.98 Å². The Hall–Kier alpha value is -2.28. The number of carbonyl (C=O) groups excluding carboxylic acids is 2. The number of oxazole rings is 1. The zero-order valence-electron chi connectivity index (χ0n) is 11.0. The Morgan fingerprint density at radius 1 is 1.38 bits per heavy atom. The van der Waals surface area contributed by atoms with E-state index in [4.69, 9.17) is 10.2 Å². The summed E-state index contributed by atoms with van der Waals surface area (Å²) >= 11 is 1.24. The Kier molecular flexibility index (Phi) is 3.66. The van der Waals surface area contributed by atoms with Gasteiger partial charge in [0.05, 0.1) is 6.04 Å². The first-order valence-corrected chi connectivity index (χ1v) is 7.41. The van der Waals surface area contributed by atoms with Crippen molar-refractivity contribution in [3.63, 3.8) is 0 Å². The number of aromatic nitrogens is 1. The van der Waals surface area contributed by atoms with E-state index in [0.29, 0.717) is 18.0 Å². The number of anilines is 1. The number of amides is 1. The molecular formula is C14H13N3O3S. The van der Waals surface area contributed by atoms with Crippen LogP contribution in [0.5, 0.6) is 0 Å². The molecule has 1 saturated heterocycles. The van der Waals surface area contributed by atoms with Crippen molar-refractivity contribution in [2.24, 2.45) is 0 Å². The fourth-order valence-electron chi connectivity index (χ4n) is 2.00. The third-order valence-electron chi connectivity index (χ3n) is 3.14. The van der Waals surface area contributed by atoms with E-state index in [1.165, 1.54) is 18.0 Å². The molecule has 0 saturated carbocycles. The SMILES string of the molecule is Nc1ccc(-c2nc(C(=O)NC3CCSC3=O)co2)cc1. The summed E-state index contributed by atoms with van der Waals surface area (Å²) in [5, 5.41) is 2.66. The van der Waals surface area contributed by atoms with Crippen molar-refractivity contribution in [3.05, 3.63) is 36.2 Å². The minimum absolute atomic E-state index is 0.00870. The quantitative estimate of drug-likeness (QED) is 0.837. The number of nitrogen functional groups attached to an aromatic ring is 1. The number of hydrogen-bond donors (Lipinski definition) is 2. The topological polar surface area (TPSA) is 98.2 Å². The maximum absolute atomic E-state index is 12.0. The molecule has 1 aromatic heterocycles. The van der Waals surface area contributed by atoms with Crippen LogP contribution in [0.15, 0.2) is 34.9 Å². The van der Waals surface area contributed by atoms with Crippen molar-refractivity contribution in [2.45, 2.75) is 12.5 Å². The maximum Gasteiger partial charge on any atom is 0.273 e. The molecule has 0 radical (unpaired) electrons. The van der Waals surface area contributed by atoms with Gasteiger partial charge in [-0.15, -0.1) is 0 Å². The van der Waals surface area contributed by atoms with Gasteiger partial charge >= 0.3 is 0 Å². The smallest absolute Gasteiger partial charge is 0.273 e. The Morgan fingerprint density at radius 2 is 2.14 bits per heavy atom. The van der Waals surface area contributed by atoms with E-state index in [-0.39, 0.29) is 10.8 Å². The number of carbonyl (C=O) groups is 2. The van der Waals surface area contributed by atoms with Crippen LogP contribution in [0.2, 0.25) is 0 Å². The van der Waals surface area contributed by atoms with E-state index in [1.54, 1.807) is 24.3 Å². The van der Waals surface area contributed by atoms with Gasteiger partial charge in [-0.3, -0.25) is 9.59 Å². The molecular weight excluding hydrogens is 290 g/mol. The first-order valence-electron chi connectivity index (χ1n) is 6.42. The second-order valence-corrected chi connectivity index (χ2v) is 5.74. The van der Waals surface area contributed by atoms with Crippen molar-refractivity contribution in [2.75, 3.05) is 11.5 Å². The van der Waals surface area contributed by atoms with Crippen LogP contribution in [0.25, 0.3) is 11.5 Å². The highest BCUT2D eigenvalue weighted by Crippen LogP contribution is 2.21. The van der Waals surface area contributed by atoms with E-state index in [9.17, 15) is 9.59 Å². The molecule has 108 valence electrons. The molecule has 1 aliphatic rings. The van der Waals surface area contributed by atoms with Crippen molar-refractivity contribution in [3.8, 4) is 11.5 Å². The molecule has 6 nitrogen and oxygen atoms in total. The first kappa shape index (κ1) is 13.7. The number of benzene rings is 1. The van der Waals surface area contributed by atoms with Gasteiger partial charge < -0.3 is 15.5 Å². The average Bonchev–Trinajstić information content (AvgIpc) is 3.10. The van der Waals surface area contributed by atoms with Crippen molar-refractivity contribution in [1.29, 1.82) is 0 Å². The van der Waals surface area contributed by atoms with Crippen molar-refractivity contribution >= 4 is 28.5 Å². The van der Waals surface area contributed by atoms with E-state index in [1.807, 2.05) is 0 Å². The molecule has 1 atom stereocenters. The molecule has 1 fully saturated rings. The number of rotatable bonds is 3. The fraction of sp³-hybridized carbons (Fsp3) is 0.214. The summed E-state index contributed by atoms with van der Waals surface area (Å²) in [5.74, 6) is 0.674. The normalized spacial score (nSPS) is 17.9. The van der Waals surface area contributed by atoms with Gasteiger partial charge in [0.2, 0.25) is 11.0 Å².